The van der Waals surface area contributed by atoms with E-state index in [1.165, 1.54) is 0 Å². The van der Waals surface area contributed by atoms with E-state index in [2.05, 4.69) is 10.3 Å². The highest BCUT2D eigenvalue weighted by Crippen LogP contribution is 2.42. The van der Waals surface area contributed by atoms with E-state index in [4.69, 9.17) is 16.3 Å². The van der Waals surface area contributed by atoms with Gasteiger partial charge in [-0.3, -0.25) is 4.79 Å². The molecule has 2 heterocycles. The largest absolute Gasteiger partial charge is 0.463 e. The van der Waals surface area contributed by atoms with Gasteiger partial charge in [-0.25, -0.2) is 4.79 Å². The Morgan fingerprint density at radius 1 is 1.29 bits per heavy atom. The maximum Gasteiger partial charge on any atom is 0.336 e. The molecule has 0 bridgehead atoms. The number of pyridine rings is 1. The lowest BCUT2D eigenvalue weighted by Crippen LogP contribution is -2.30. The van der Waals surface area contributed by atoms with Crippen LogP contribution >= 0.6 is 11.6 Å². The van der Waals surface area contributed by atoms with Crippen molar-refractivity contribution in [2.24, 2.45) is 0 Å². The second kappa shape index (κ2) is 6.53. The zero-order valence-corrected chi connectivity index (χ0v) is 14.1. The number of anilines is 1. The standard InChI is InChI=1S/C18H17ClN2O3/c1-3-24-18(23)14-10(2)21-13-8-9-20-17(22)16(13)15(14)11-6-4-5-7-12(11)19/h4-9,15,21H,3H2,1-2H3,(H,20,22). The fourth-order valence-corrected chi connectivity index (χ4v) is 3.26. The Morgan fingerprint density at radius 3 is 2.75 bits per heavy atom. The Bertz CT molecular complexity index is 886. The van der Waals surface area contributed by atoms with Gasteiger partial charge in [-0.1, -0.05) is 29.8 Å². The van der Waals surface area contributed by atoms with Crippen LogP contribution in [0.3, 0.4) is 0 Å². The highest BCUT2D eigenvalue weighted by atomic mass is 35.5. The summed E-state index contributed by atoms with van der Waals surface area (Å²) in [5.74, 6) is -1.04. The maximum absolute atomic E-state index is 12.5. The number of hydrogen-bond acceptors (Lipinski definition) is 4. The third-order valence-corrected chi connectivity index (χ3v) is 4.36. The van der Waals surface area contributed by atoms with Crippen molar-refractivity contribution >= 4 is 23.3 Å². The number of carbonyl (C=O) groups excluding carboxylic acids is 1. The van der Waals surface area contributed by atoms with E-state index in [1.54, 1.807) is 32.2 Å². The average Bonchev–Trinajstić information content (AvgIpc) is 2.54. The topological polar surface area (TPSA) is 71.2 Å². The zero-order valence-electron chi connectivity index (χ0n) is 13.4. The third kappa shape index (κ3) is 2.71. The fraction of sp³-hybridized carbons (Fsp3) is 0.222. The summed E-state index contributed by atoms with van der Waals surface area (Å²) in [4.78, 5) is 27.7. The predicted molar refractivity (Wildman–Crippen MR) is 93.3 cm³/mol. The minimum atomic E-state index is -0.584. The Hall–Kier alpha value is -2.53. The molecule has 0 fully saturated rings. The first-order chi connectivity index (χ1) is 11.5. The van der Waals surface area contributed by atoms with Gasteiger partial charge in [0.2, 0.25) is 0 Å². The molecule has 1 aromatic heterocycles. The summed E-state index contributed by atoms with van der Waals surface area (Å²) < 4.78 is 5.21. The molecule has 2 aromatic rings. The Kier molecular flexibility index (Phi) is 4.44. The van der Waals surface area contributed by atoms with Crippen molar-refractivity contribution < 1.29 is 9.53 Å². The number of esters is 1. The van der Waals surface area contributed by atoms with Gasteiger partial charge in [0, 0.05) is 22.6 Å². The van der Waals surface area contributed by atoms with Crippen LogP contribution < -0.4 is 10.9 Å². The highest BCUT2D eigenvalue weighted by Gasteiger charge is 2.35. The van der Waals surface area contributed by atoms with Gasteiger partial charge < -0.3 is 15.0 Å². The number of aromatic amines is 1. The van der Waals surface area contributed by atoms with E-state index in [0.717, 1.165) is 0 Å². The molecular formula is C18H17ClN2O3. The number of hydrogen-bond donors (Lipinski definition) is 2. The lowest BCUT2D eigenvalue weighted by atomic mass is 9.81. The third-order valence-electron chi connectivity index (χ3n) is 4.01. The Labute approximate surface area is 144 Å². The molecule has 0 saturated carbocycles. The molecule has 0 saturated heterocycles. The fourth-order valence-electron chi connectivity index (χ4n) is 3.02. The van der Waals surface area contributed by atoms with Crippen molar-refractivity contribution in [3.05, 3.63) is 74.3 Å². The van der Waals surface area contributed by atoms with Crippen LogP contribution in [0.4, 0.5) is 5.69 Å². The number of carbonyl (C=O) groups is 1. The molecule has 1 aliphatic heterocycles. The van der Waals surface area contributed by atoms with Crippen LogP contribution in [0.15, 0.2) is 52.6 Å². The van der Waals surface area contributed by atoms with E-state index in [0.29, 0.717) is 33.1 Å². The van der Waals surface area contributed by atoms with Crippen molar-refractivity contribution in [3.8, 4) is 0 Å². The molecule has 0 radical (unpaired) electrons. The summed E-state index contributed by atoms with van der Waals surface area (Å²) in [6, 6.07) is 8.97. The van der Waals surface area contributed by atoms with Gasteiger partial charge in [0.15, 0.2) is 0 Å². The number of nitrogens with one attached hydrogen (secondary N) is 2. The van der Waals surface area contributed by atoms with E-state index in [-0.39, 0.29) is 12.2 Å². The second-order valence-corrected chi connectivity index (χ2v) is 5.88. The molecule has 24 heavy (non-hydrogen) atoms. The molecule has 0 spiro atoms. The summed E-state index contributed by atoms with van der Waals surface area (Å²) >= 11 is 6.36. The summed E-state index contributed by atoms with van der Waals surface area (Å²) in [6.07, 6.45) is 1.57. The average molecular weight is 345 g/mol. The van der Waals surface area contributed by atoms with Gasteiger partial charge in [0.1, 0.15) is 0 Å². The van der Waals surface area contributed by atoms with Gasteiger partial charge in [0.25, 0.3) is 5.56 Å². The molecule has 2 N–H and O–H groups in total. The second-order valence-electron chi connectivity index (χ2n) is 5.47. The van der Waals surface area contributed by atoms with Crippen LogP contribution in [0.2, 0.25) is 5.02 Å². The van der Waals surface area contributed by atoms with Crippen LogP contribution in [0.5, 0.6) is 0 Å². The first-order valence-corrected chi connectivity index (χ1v) is 8.03. The molecule has 1 aromatic carbocycles. The highest BCUT2D eigenvalue weighted by molar-refractivity contribution is 6.31. The molecule has 6 heteroatoms. The van der Waals surface area contributed by atoms with Gasteiger partial charge in [0.05, 0.1) is 23.7 Å². The SMILES string of the molecule is CCOC(=O)C1=C(C)Nc2cc[nH]c(=O)c2C1c1ccccc1Cl. The lowest BCUT2D eigenvalue weighted by molar-refractivity contribution is -0.138. The Balaban J connectivity index is 2.29. The number of benzene rings is 1. The van der Waals surface area contributed by atoms with Crippen molar-refractivity contribution in [3.63, 3.8) is 0 Å². The van der Waals surface area contributed by atoms with Crippen LogP contribution in [0, 0.1) is 0 Å². The van der Waals surface area contributed by atoms with Crippen LogP contribution in [-0.4, -0.2) is 17.6 Å². The smallest absolute Gasteiger partial charge is 0.336 e. The van der Waals surface area contributed by atoms with Gasteiger partial charge in [-0.05, 0) is 31.5 Å². The molecule has 5 nitrogen and oxygen atoms in total. The first-order valence-electron chi connectivity index (χ1n) is 7.65. The monoisotopic (exact) mass is 344 g/mol. The number of ether oxygens (including phenoxy) is 1. The lowest BCUT2D eigenvalue weighted by Gasteiger charge is -2.29. The van der Waals surface area contributed by atoms with Crippen molar-refractivity contribution in [1.82, 2.24) is 4.98 Å². The molecule has 1 unspecified atom stereocenters. The quantitative estimate of drug-likeness (QED) is 0.837. The zero-order chi connectivity index (χ0) is 17.3. The van der Waals surface area contributed by atoms with E-state index in [1.807, 2.05) is 18.2 Å². The number of H-pyrrole nitrogens is 1. The molecule has 1 atom stereocenters. The number of halogens is 1. The number of rotatable bonds is 3. The minimum Gasteiger partial charge on any atom is -0.463 e. The van der Waals surface area contributed by atoms with E-state index >= 15 is 0 Å². The van der Waals surface area contributed by atoms with E-state index in [9.17, 15) is 9.59 Å². The summed E-state index contributed by atoms with van der Waals surface area (Å²) in [5.41, 5.74) is 2.60. The number of allylic oxidation sites excluding steroid dienone is 1. The summed E-state index contributed by atoms with van der Waals surface area (Å²) in [7, 11) is 0. The van der Waals surface area contributed by atoms with Crippen LogP contribution in [0.1, 0.15) is 30.9 Å². The Morgan fingerprint density at radius 2 is 2.04 bits per heavy atom. The van der Waals surface area contributed by atoms with Crippen LogP contribution in [-0.2, 0) is 9.53 Å². The first kappa shape index (κ1) is 16.3. The van der Waals surface area contributed by atoms with Gasteiger partial charge in [-0.15, -0.1) is 0 Å². The van der Waals surface area contributed by atoms with Crippen molar-refractivity contribution in [2.75, 3.05) is 11.9 Å². The molecule has 3 rings (SSSR count). The molecule has 124 valence electrons. The molecule has 0 aliphatic carbocycles. The van der Waals surface area contributed by atoms with Crippen molar-refractivity contribution in [1.29, 1.82) is 0 Å². The maximum atomic E-state index is 12.5. The van der Waals surface area contributed by atoms with Crippen LogP contribution in [0.25, 0.3) is 0 Å². The summed E-state index contributed by atoms with van der Waals surface area (Å²) in [6.45, 7) is 3.79. The predicted octanol–water partition coefficient (Wildman–Crippen LogP) is 3.42. The number of fused-ring (bicyclic) bond motifs is 1. The molecule has 1 aliphatic rings. The van der Waals surface area contributed by atoms with Gasteiger partial charge in [-0.2, -0.15) is 0 Å². The normalized spacial score (nSPS) is 16.4. The van der Waals surface area contributed by atoms with Gasteiger partial charge >= 0.3 is 5.97 Å². The minimum absolute atomic E-state index is 0.253. The number of aromatic nitrogens is 1. The molecular weight excluding hydrogens is 328 g/mol. The molecule has 0 amide bonds. The van der Waals surface area contributed by atoms with Crippen molar-refractivity contribution in [2.45, 2.75) is 19.8 Å². The van der Waals surface area contributed by atoms with E-state index < -0.39 is 11.9 Å². The summed E-state index contributed by atoms with van der Waals surface area (Å²) in [5, 5.41) is 3.62.